The minimum absolute atomic E-state index is 0.212. The Bertz CT molecular complexity index is 470. The highest BCUT2D eigenvalue weighted by molar-refractivity contribution is 5.84. The van der Waals surface area contributed by atoms with Gasteiger partial charge in [0.25, 0.3) is 0 Å². The number of guanidine groups is 1. The monoisotopic (exact) mass is 382 g/mol. The summed E-state index contributed by atoms with van der Waals surface area (Å²) in [5.41, 5.74) is -0.321. The van der Waals surface area contributed by atoms with Crippen molar-refractivity contribution in [3.63, 3.8) is 0 Å². The van der Waals surface area contributed by atoms with Crippen molar-refractivity contribution in [2.24, 2.45) is 16.3 Å². The molecule has 0 bridgehead atoms. The molecule has 1 amide bonds. The molecule has 0 radical (unpaired) electrons. The normalized spacial score (nSPS) is 22.0. The average molecular weight is 383 g/mol. The molecule has 2 rings (SSSR count). The van der Waals surface area contributed by atoms with E-state index in [4.69, 9.17) is 14.5 Å². The molecule has 1 saturated heterocycles. The van der Waals surface area contributed by atoms with Crippen LogP contribution >= 0.6 is 0 Å². The topological polar surface area (TPSA) is 75.2 Å². The van der Waals surface area contributed by atoms with E-state index in [1.54, 1.807) is 4.90 Å². The molecular weight excluding hydrogens is 344 g/mol. The highest BCUT2D eigenvalue weighted by atomic mass is 16.5. The number of nitrogens with zero attached hydrogens (tertiary/aromatic N) is 2. The van der Waals surface area contributed by atoms with E-state index in [9.17, 15) is 4.79 Å². The van der Waals surface area contributed by atoms with Gasteiger partial charge in [0.1, 0.15) is 0 Å². The van der Waals surface area contributed by atoms with E-state index in [2.05, 4.69) is 17.6 Å². The second-order valence-corrected chi connectivity index (χ2v) is 7.97. The summed E-state index contributed by atoms with van der Waals surface area (Å²) in [5.74, 6) is 1.57. The van der Waals surface area contributed by atoms with Crippen LogP contribution in [0.25, 0.3) is 0 Å². The average Bonchev–Trinajstić information content (AvgIpc) is 3.34. The minimum Gasteiger partial charge on any atom is -0.381 e. The van der Waals surface area contributed by atoms with E-state index in [0.29, 0.717) is 12.5 Å². The summed E-state index contributed by atoms with van der Waals surface area (Å²) in [7, 11) is 3.68. The van der Waals surface area contributed by atoms with E-state index in [1.807, 2.05) is 14.1 Å². The van der Waals surface area contributed by atoms with Gasteiger partial charge in [-0.15, -0.1) is 0 Å². The Balaban J connectivity index is 1.74. The molecule has 156 valence electrons. The Labute approximate surface area is 164 Å². The van der Waals surface area contributed by atoms with Crippen LogP contribution in [-0.4, -0.2) is 76.9 Å². The number of hydrogen-bond donors (Lipinski definition) is 2. The van der Waals surface area contributed by atoms with E-state index >= 15 is 0 Å². The zero-order chi connectivity index (χ0) is 19.5. The van der Waals surface area contributed by atoms with Crippen LogP contribution in [0.15, 0.2) is 4.99 Å². The fraction of sp³-hybridized carbons (Fsp3) is 0.900. The summed E-state index contributed by atoms with van der Waals surface area (Å²) in [4.78, 5) is 19.1. The highest BCUT2D eigenvalue weighted by Gasteiger charge is 2.42. The maximum Gasteiger partial charge on any atom is 0.230 e. The van der Waals surface area contributed by atoms with Gasteiger partial charge >= 0.3 is 0 Å². The first-order valence-corrected chi connectivity index (χ1v) is 10.5. The van der Waals surface area contributed by atoms with Crippen LogP contribution in [0.5, 0.6) is 0 Å². The standard InChI is InChI=1S/C20H38N4O3/c1-4-21-19(22-11-7-12-26-14-17-8-13-27-15-17)23-16-20(9-5-6-10-20)18(25)24(2)3/h17H,4-16H2,1-3H3,(H2,21,22,23). The van der Waals surface area contributed by atoms with Crippen LogP contribution in [0, 0.1) is 11.3 Å². The molecule has 7 heteroatoms. The maximum absolute atomic E-state index is 12.7. The van der Waals surface area contributed by atoms with Gasteiger partial charge in [-0.25, -0.2) is 0 Å². The van der Waals surface area contributed by atoms with Crippen molar-refractivity contribution in [1.29, 1.82) is 0 Å². The van der Waals surface area contributed by atoms with Crippen LogP contribution in [0.1, 0.15) is 45.4 Å². The molecule has 2 N–H and O–H groups in total. The van der Waals surface area contributed by atoms with Crippen molar-refractivity contribution in [1.82, 2.24) is 15.5 Å². The number of aliphatic imine (C=N–C) groups is 1. The van der Waals surface area contributed by atoms with Crippen molar-refractivity contribution >= 4 is 11.9 Å². The molecule has 1 heterocycles. The van der Waals surface area contributed by atoms with Gasteiger partial charge in [0.2, 0.25) is 5.91 Å². The summed E-state index contributed by atoms with van der Waals surface area (Å²) in [6.45, 7) is 7.46. The number of carbonyl (C=O) groups excluding carboxylic acids is 1. The van der Waals surface area contributed by atoms with Crippen LogP contribution in [0.3, 0.4) is 0 Å². The van der Waals surface area contributed by atoms with Crippen LogP contribution in [-0.2, 0) is 14.3 Å². The molecule has 0 aromatic heterocycles. The first-order chi connectivity index (χ1) is 13.1. The molecule has 1 aliphatic heterocycles. The van der Waals surface area contributed by atoms with Gasteiger partial charge in [0.05, 0.1) is 25.2 Å². The number of rotatable bonds is 10. The molecular formula is C20H38N4O3. The maximum atomic E-state index is 12.7. The largest absolute Gasteiger partial charge is 0.381 e. The summed E-state index contributed by atoms with van der Waals surface area (Å²) >= 11 is 0. The van der Waals surface area contributed by atoms with Crippen molar-refractivity contribution in [3.05, 3.63) is 0 Å². The Morgan fingerprint density at radius 3 is 2.70 bits per heavy atom. The number of ether oxygens (including phenoxy) is 2. The molecule has 1 aliphatic carbocycles. The number of hydrogen-bond acceptors (Lipinski definition) is 4. The van der Waals surface area contributed by atoms with Gasteiger partial charge in [0, 0.05) is 46.3 Å². The van der Waals surface area contributed by atoms with Crippen LogP contribution < -0.4 is 10.6 Å². The summed E-state index contributed by atoms with van der Waals surface area (Å²) in [6.07, 6.45) is 6.14. The Morgan fingerprint density at radius 1 is 1.30 bits per heavy atom. The predicted molar refractivity (Wildman–Crippen MR) is 108 cm³/mol. The smallest absolute Gasteiger partial charge is 0.230 e. The van der Waals surface area contributed by atoms with E-state index < -0.39 is 0 Å². The third kappa shape index (κ3) is 6.96. The Hall–Kier alpha value is -1.34. The molecule has 7 nitrogen and oxygen atoms in total. The second-order valence-electron chi connectivity index (χ2n) is 7.97. The first kappa shape index (κ1) is 22.0. The SMILES string of the molecule is CCNC(=NCC1(C(=O)N(C)C)CCCC1)NCCCOCC1CCOC1. The molecule has 1 unspecified atom stereocenters. The van der Waals surface area contributed by atoms with Gasteiger partial charge in [-0.1, -0.05) is 12.8 Å². The van der Waals surface area contributed by atoms with Crippen LogP contribution in [0.2, 0.25) is 0 Å². The molecule has 2 fully saturated rings. The fourth-order valence-electron chi connectivity index (χ4n) is 3.88. The lowest BCUT2D eigenvalue weighted by atomic mass is 9.85. The lowest BCUT2D eigenvalue weighted by Crippen LogP contribution is -2.43. The zero-order valence-electron chi connectivity index (χ0n) is 17.4. The van der Waals surface area contributed by atoms with E-state index in [1.165, 1.54) is 0 Å². The Kier molecular flexibility index (Phi) is 9.34. The Morgan fingerprint density at radius 2 is 2.07 bits per heavy atom. The molecule has 2 aliphatic rings. The fourth-order valence-corrected chi connectivity index (χ4v) is 3.88. The molecule has 27 heavy (non-hydrogen) atoms. The van der Waals surface area contributed by atoms with Crippen molar-refractivity contribution in [2.75, 3.05) is 60.2 Å². The lowest BCUT2D eigenvalue weighted by Gasteiger charge is -2.29. The number of nitrogens with one attached hydrogen (secondary N) is 2. The summed E-state index contributed by atoms with van der Waals surface area (Å²) in [6, 6.07) is 0. The van der Waals surface area contributed by atoms with Gasteiger partial charge in [-0.05, 0) is 32.6 Å². The third-order valence-electron chi connectivity index (χ3n) is 5.44. The van der Waals surface area contributed by atoms with E-state index in [0.717, 1.165) is 84.0 Å². The predicted octanol–water partition coefficient (Wildman–Crippen LogP) is 1.63. The van der Waals surface area contributed by atoms with Crippen molar-refractivity contribution < 1.29 is 14.3 Å². The molecule has 0 aromatic carbocycles. The molecule has 0 aromatic rings. The van der Waals surface area contributed by atoms with Gasteiger partial charge in [0.15, 0.2) is 5.96 Å². The summed E-state index contributed by atoms with van der Waals surface area (Å²) in [5, 5.41) is 6.65. The molecule has 1 saturated carbocycles. The molecule has 1 atom stereocenters. The minimum atomic E-state index is -0.321. The lowest BCUT2D eigenvalue weighted by molar-refractivity contribution is -0.138. The zero-order valence-corrected chi connectivity index (χ0v) is 17.4. The number of carbonyl (C=O) groups is 1. The highest BCUT2D eigenvalue weighted by Crippen LogP contribution is 2.39. The first-order valence-electron chi connectivity index (χ1n) is 10.5. The van der Waals surface area contributed by atoms with Gasteiger partial charge < -0.3 is 25.0 Å². The number of amides is 1. The van der Waals surface area contributed by atoms with Crippen molar-refractivity contribution in [2.45, 2.75) is 45.4 Å². The third-order valence-corrected chi connectivity index (χ3v) is 5.44. The van der Waals surface area contributed by atoms with Gasteiger partial charge in [-0.2, -0.15) is 0 Å². The van der Waals surface area contributed by atoms with E-state index in [-0.39, 0.29) is 11.3 Å². The van der Waals surface area contributed by atoms with Crippen molar-refractivity contribution in [3.8, 4) is 0 Å². The quantitative estimate of drug-likeness (QED) is 0.341. The molecule has 0 spiro atoms. The summed E-state index contributed by atoms with van der Waals surface area (Å²) < 4.78 is 11.1. The second kappa shape index (κ2) is 11.5. The van der Waals surface area contributed by atoms with Crippen LogP contribution in [0.4, 0.5) is 0 Å². The van der Waals surface area contributed by atoms with Gasteiger partial charge in [-0.3, -0.25) is 9.79 Å².